The molecule has 1 aromatic rings. The molecular formula is C49H71N3O35. The van der Waals surface area contributed by atoms with Crippen LogP contribution in [0.5, 0.6) is 11.5 Å². The van der Waals surface area contributed by atoms with Gasteiger partial charge in [-0.25, -0.2) is 14.4 Å². The van der Waals surface area contributed by atoms with Gasteiger partial charge in [-0.05, 0) is 24.3 Å². The molecule has 30 atom stereocenters. The molecule has 6 fully saturated rings. The molecule has 492 valence electrons. The number of hydrogen-bond acceptors (Lipinski definition) is 32. The molecular weight excluding hydrogens is 1190 g/mol. The zero-order chi connectivity index (χ0) is 64.2. The minimum absolute atomic E-state index is 0.114. The number of hydrogen-bond donors (Lipinski definition) is 19. The largest absolute Gasteiger partial charge is 0.497 e. The molecule has 0 saturated carbocycles. The summed E-state index contributed by atoms with van der Waals surface area (Å²) in [5.74, 6) is -7.98. The number of benzene rings is 1. The molecule has 87 heavy (non-hydrogen) atoms. The predicted octanol–water partition coefficient (Wildman–Crippen LogP) is -11.3. The summed E-state index contributed by atoms with van der Waals surface area (Å²) in [6, 6.07) is 0.408. The van der Waals surface area contributed by atoms with Crippen molar-refractivity contribution in [2.45, 2.75) is 205 Å². The molecule has 19 N–H and O–H groups in total. The molecule has 0 spiro atoms. The molecule has 7 rings (SSSR count). The Morgan fingerprint density at radius 2 is 0.678 bits per heavy atom. The predicted molar refractivity (Wildman–Crippen MR) is 267 cm³/mol. The summed E-state index contributed by atoms with van der Waals surface area (Å²) >= 11 is 0. The quantitative estimate of drug-likeness (QED) is 0.0513. The number of aliphatic hydroxyl groups excluding tert-OH is 13. The topological polar surface area (TPSA) is 582 Å². The molecule has 0 radical (unpaired) electrons. The third kappa shape index (κ3) is 15.3. The molecule has 6 heterocycles. The van der Waals surface area contributed by atoms with E-state index < -0.39 is 239 Å². The summed E-state index contributed by atoms with van der Waals surface area (Å²) in [6.45, 7) is -0.300. The van der Waals surface area contributed by atoms with E-state index in [4.69, 9.17) is 61.6 Å². The van der Waals surface area contributed by atoms with Crippen LogP contribution in [0.2, 0.25) is 0 Å². The van der Waals surface area contributed by atoms with Gasteiger partial charge in [0, 0.05) is 20.8 Å². The number of carboxylic acids is 3. The highest BCUT2D eigenvalue weighted by molar-refractivity contribution is 5.75. The Labute approximate surface area is 490 Å². The minimum Gasteiger partial charge on any atom is -0.497 e. The highest BCUT2D eigenvalue weighted by Gasteiger charge is 2.60. The van der Waals surface area contributed by atoms with Gasteiger partial charge < -0.3 is 159 Å². The first kappa shape index (κ1) is 69.2. The van der Waals surface area contributed by atoms with Crippen LogP contribution >= 0.6 is 0 Å². The number of aliphatic carboxylic acids is 3. The van der Waals surface area contributed by atoms with Crippen LogP contribution in [0.4, 0.5) is 0 Å². The molecule has 3 amide bonds. The number of carbonyl (C=O) groups is 6. The Hall–Kier alpha value is -5.32. The Bertz CT molecular complexity index is 2510. The zero-order valence-corrected chi connectivity index (χ0v) is 46.2. The number of rotatable bonds is 22. The van der Waals surface area contributed by atoms with Crippen molar-refractivity contribution in [3.05, 3.63) is 24.3 Å². The van der Waals surface area contributed by atoms with Gasteiger partial charge in [0.15, 0.2) is 49.8 Å². The number of ether oxygens (including phenoxy) is 13. The fourth-order valence-electron chi connectivity index (χ4n) is 10.5. The second-order valence-electron chi connectivity index (χ2n) is 20.8. The van der Waals surface area contributed by atoms with Crippen LogP contribution in [-0.2, 0) is 80.9 Å². The van der Waals surface area contributed by atoms with Crippen LogP contribution in [0, 0.1) is 0 Å². The van der Waals surface area contributed by atoms with Gasteiger partial charge in [0.25, 0.3) is 0 Å². The number of methoxy groups -OCH3 is 1. The summed E-state index contributed by atoms with van der Waals surface area (Å²) < 4.78 is 73.7. The van der Waals surface area contributed by atoms with E-state index in [-0.39, 0.29) is 5.75 Å². The summed E-state index contributed by atoms with van der Waals surface area (Å²) in [7, 11) is 1.41. The van der Waals surface area contributed by atoms with Gasteiger partial charge in [-0.15, -0.1) is 0 Å². The van der Waals surface area contributed by atoms with Crippen LogP contribution in [0.15, 0.2) is 24.3 Å². The van der Waals surface area contributed by atoms with Gasteiger partial charge in [0.1, 0.15) is 139 Å². The molecule has 0 bridgehead atoms. The molecule has 38 heteroatoms. The zero-order valence-electron chi connectivity index (χ0n) is 46.2. The number of carbonyl (C=O) groups excluding carboxylic acids is 3. The van der Waals surface area contributed by atoms with Crippen LogP contribution in [0.3, 0.4) is 0 Å². The first-order chi connectivity index (χ1) is 41.0. The molecule has 0 aliphatic carbocycles. The number of nitrogens with one attached hydrogen (secondary N) is 3. The molecule has 38 nitrogen and oxygen atoms in total. The fraction of sp³-hybridized carbons (Fsp3) is 0.755. The Balaban J connectivity index is 1.12. The maximum absolute atomic E-state index is 13.0. The van der Waals surface area contributed by atoms with E-state index in [9.17, 15) is 110 Å². The molecule has 6 aliphatic rings. The van der Waals surface area contributed by atoms with E-state index in [0.717, 1.165) is 20.8 Å². The Morgan fingerprint density at radius 1 is 0.379 bits per heavy atom. The van der Waals surface area contributed by atoms with Crippen molar-refractivity contribution in [3.63, 3.8) is 0 Å². The summed E-state index contributed by atoms with van der Waals surface area (Å²) in [4.78, 5) is 75.9. The summed E-state index contributed by atoms with van der Waals surface area (Å²) in [5.41, 5.74) is 0. The Morgan fingerprint density at radius 3 is 1.00 bits per heavy atom. The van der Waals surface area contributed by atoms with E-state index in [1.54, 1.807) is 0 Å². The number of carboxylic acid groups (broad SMARTS) is 3. The molecule has 0 unspecified atom stereocenters. The van der Waals surface area contributed by atoms with Crippen LogP contribution < -0.4 is 25.4 Å². The van der Waals surface area contributed by atoms with Crippen molar-refractivity contribution in [2.24, 2.45) is 0 Å². The highest BCUT2D eigenvalue weighted by atomic mass is 16.8. The lowest BCUT2D eigenvalue weighted by atomic mass is 9.93. The van der Waals surface area contributed by atoms with Gasteiger partial charge >= 0.3 is 17.9 Å². The maximum atomic E-state index is 13.0. The van der Waals surface area contributed by atoms with E-state index in [1.807, 2.05) is 0 Å². The normalized spacial score (nSPS) is 43.3. The van der Waals surface area contributed by atoms with Crippen molar-refractivity contribution in [3.8, 4) is 11.5 Å². The monoisotopic (exact) mass is 1260 g/mol. The second kappa shape index (κ2) is 29.5. The molecule has 6 saturated heterocycles. The van der Waals surface area contributed by atoms with Gasteiger partial charge in [-0.3, -0.25) is 14.4 Å². The van der Waals surface area contributed by atoms with Gasteiger partial charge in [-0.2, -0.15) is 0 Å². The second-order valence-corrected chi connectivity index (χ2v) is 20.8. The van der Waals surface area contributed by atoms with Crippen LogP contribution in [-0.4, -0.2) is 328 Å². The summed E-state index contributed by atoms with van der Waals surface area (Å²) in [5, 5.41) is 181. The maximum Gasteiger partial charge on any atom is 0.335 e. The van der Waals surface area contributed by atoms with Gasteiger partial charge in [0.05, 0.1) is 26.9 Å². The lowest BCUT2D eigenvalue weighted by molar-refractivity contribution is -0.377. The fourth-order valence-corrected chi connectivity index (χ4v) is 10.5. The number of amides is 3. The van der Waals surface area contributed by atoms with Gasteiger partial charge in [-0.1, -0.05) is 0 Å². The average molecular weight is 1260 g/mol. The lowest BCUT2D eigenvalue weighted by Crippen LogP contribution is -2.71. The van der Waals surface area contributed by atoms with E-state index in [1.165, 1.54) is 31.4 Å². The third-order valence-corrected chi connectivity index (χ3v) is 14.8. The highest BCUT2D eigenvalue weighted by Crippen LogP contribution is 2.38. The summed E-state index contributed by atoms with van der Waals surface area (Å²) in [6.07, 6.45) is -58.9. The van der Waals surface area contributed by atoms with E-state index >= 15 is 0 Å². The van der Waals surface area contributed by atoms with Crippen molar-refractivity contribution >= 4 is 35.6 Å². The first-order valence-corrected chi connectivity index (χ1v) is 26.7. The van der Waals surface area contributed by atoms with Crippen molar-refractivity contribution in [1.82, 2.24) is 16.0 Å². The average Bonchev–Trinajstić information content (AvgIpc) is 1.71. The van der Waals surface area contributed by atoms with Crippen LogP contribution in [0.25, 0.3) is 0 Å². The van der Waals surface area contributed by atoms with Crippen molar-refractivity contribution in [2.75, 3.05) is 26.9 Å². The molecule has 1 aromatic carbocycles. The van der Waals surface area contributed by atoms with E-state index in [2.05, 4.69) is 16.0 Å². The number of aliphatic hydroxyl groups is 13. The molecule has 6 aliphatic heterocycles. The Kier molecular flexibility index (Phi) is 23.5. The molecule has 0 aromatic heterocycles. The van der Waals surface area contributed by atoms with Crippen molar-refractivity contribution in [1.29, 1.82) is 0 Å². The lowest BCUT2D eigenvalue weighted by Gasteiger charge is -2.50. The van der Waals surface area contributed by atoms with Crippen LogP contribution in [0.1, 0.15) is 20.8 Å². The SMILES string of the molecule is COc1ccc(O[C@@H]2O[C@H](CO)[C@@H](O)[C@H](O[C@@H]3O[C@H](C(=O)O)[C@@H](O[C@@H]4O[C@H](CO)[C@@H](O)[C@H](O[C@@H]5O[C@H](C(=O)O)[C@@H](O[C@@H]6O[C@H](CO)[C@@H](O)[C@H](O[C@@H]7O[C@H](C(=O)O)[C@@H](O)[C@H](O)[C@H]7O)[C@H]6NC(C)=O)[C@H](O)[C@H]5O)[C@H]4NC(C)=O)[C@H](O)[C@H]3O)[C@H]2NC(C)=O)cc1. The third-order valence-electron chi connectivity index (χ3n) is 14.8. The first-order valence-electron chi connectivity index (χ1n) is 26.7. The van der Waals surface area contributed by atoms with Crippen molar-refractivity contribution < 1.29 is 172 Å². The smallest absolute Gasteiger partial charge is 0.335 e. The minimum atomic E-state index is -2.53. The van der Waals surface area contributed by atoms with E-state index in [0.29, 0.717) is 5.75 Å². The van der Waals surface area contributed by atoms with Gasteiger partial charge in [0.2, 0.25) is 24.0 Å². The standard InChI is InChI=1S/C49H71N3O35/c1-12(56)50-20-33(23(59)17(9-53)77-44(20)76-16-7-5-15(75-4)6-8-16)81-48-31(67)28(64)36(39(86-48)42(71)72)84-46-22(52-14(3)58)35(25(61)19(11-55)79-46)82-49-32(68)29(65)37(40(87-49)43(73)74)83-45-21(51-13(2)57)34(24(60)18(10-54)78-45)80-47-30(66)26(62)27(63)38(85-47)41(69)70/h5-8,17-40,44-49,53-55,59-68H,9-11H2,1-4H3,(H,50,56)(H,51,57)(H,52,58)(H,69,70)(H,71,72)(H,73,74)/t17-,18-,19-,20-,21-,22-,23-,24-,25-,26+,27+,28-,29-,30-,31-,32-,33-,34-,35-,36+,37+,38+,39+,40+,44-,45+,46+,47-,48-,49-/m1/s1.